The van der Waals surface area contributed by atoms with Crippen LogP contribution in [0.4, 0.5) is 11.5 Å². The second-order valence-electron chi connectivity index (χ2n) is 6.01. The molecule has 0 fully saturated rings. The number of hydrogen-bond donors (Lipinski definition) is 1. The van der Waals surface area contributed by atoms with Crippen molar-refractivity contribution in [1.29, 1.82) is 5.26 Å². The average Bonchev–Trinajstić information content (AvgIpc) is 3.18. The molecule has 0 amide bonds. The highest BCUT2D eigenvalue weighted by molar-refractivity contribution is 5.67. The van der Waals surface area contributed by atoms with Crippen molar-refractivity contribution in [2.75, 3.05) is 5.32 Å². The van der Waals surface area contributed by atoms with Crippen molar-refractivity contribution in [2.45, 2.75) is 6.54 Å². The van der Waals surface area contributed by atoms with Crippen LogP contribution in [0.1, 0.15) is 11.3 Å². The molecule has 6 nitrogen and oxygen atoms in total. The lowest BCUT2D eigenvalue weighted by atomic mass is 10.1. The first-order valence-corrected chi connectivity index (χ1v) is 8.49. The van der Waals surface area contributed by atoms with Gasteiger partial charge in [-0.15, -0.1) is 5.10 Å². The van der Waals surface area contributed by atoms with Crippen LogP contribution in [0.15, 0.2) is 79.0 Å². The van der Waals surface area contributed by atoms with E-state index in [1.165, 1.54) is 5.56 Å². The molecule has 1 N–H and O–H groups in total. The Labute approximate surface area is 156 Å². The van der Waals surface area contributed by atoms with Gasteiger partial charge in [0.15, 0.2) is 0 Å². The van der Waals surface area contributed by atoms with Gasteiger partial charge in [0.1, 0.15) is 23.3 Å². The number of aromatic nitrogens is 4. The normalized spacial score (nSPS) is 10.3. The van der Waals surface area contributed by atoms with Gasteiger partial charge in [-0.05, 0) is 29.8 Å². The molecule has 0 spiro atoms. The topological polar surface area (TPSA) is 79.4 Å². The predicted octanol–water partition coefficient (Wildman–Crippen LogP) is 4.00. The Morgan fingerprint density at radius 3 is 2.67 bits per heavy atom. The summed E-state index contributed by atoms with van der Waals surface area (Å²) in [5.74, 6) is 0.624. The monoisotopic (exact) mass is 352 g/mol. The number of nitrogens with zero attached hydrogens (tertiary/aromatic N) is 5. The maximum atomic E-state index is 8.97. The highest BCUT2D eigenvalue weighted by atomic mass is 15.4. The van der Waals surface area contributed by atoms with Crippen LogP contribution in [-0.4, -0.2) is 20.0 Å². The smallest absolute Gasteiger partial charge is 0.142 e. The van der Waals surface area contributed by atoms with Crippen LogP contribution in [-0.2, 0) is 6.54 Å². The van der Waals surface area contributed by atoms with Crippen molar-refractivity contribution < 1.29 is 0 Å². The lowest BCUT2D eigenvalue weighted by molar-refractivity contribution is 0.650. The zero-order valence-electron chi connectivity index (χ0n) is 14.4. The average molecular weight is 352 g/mol. The molecular formula is C21H16N6. The Hall–Kier alpha value is -3.98. The molecule has 0 aliphatic rings. The predicted molar refractivity (Wildman–Crippen MR) is 103 cm³/mol. The molecule has 0 aliphatic carbocycles. The molecule has 2 aromatic heterocycles. The van der Waals surface area contributed by atoms with E-state index in [4.69, 9.17) is 5.26 Å². The standard InChI is InChI=1S/C21H16N6/c22-13-19-10-5-11-21(24-19)23-18-9-4-8-17(12-18)20-15-27(26-25-20)14-16-6-2-1-3-7-16/h1-12,15H,14H2,(H,23,24). The van der Waals surface area contributed by atoms with Gasteiger partial charge in [0.05, 0.1) is 12.7 Å². The van der Waals surface area contributed by atoms with E-state index in [9.17, 15) is 0 Å². The zero-order valence-corrected chi connectivity index (χ0v) is 14.4. The Morgan fingerprint density at radius 2 is 1.81 bits per heavy atom. The first-order valence-electron chi connectivity index (χ1n) is 8.49. The van der Waals surface area contributed by atoms with Crippen molar-refractivity contribution >= 4 is 11.5 Å². The van der Waals surface area contributed by atoms with E-state index < -0.39 is 0 Å². The van der Waals surface area contributed by atoms with E-state index in [1.807, 2.05) is 65.5 Å². The summed E-state index contributed by atoms with van der Waals surface area (Å²) in [6, 6.07) is 25.3. The van der Waals surface area contributed by atoms with Gasteiger partial charge in [0, 0.05) is 11.3 Å². The molecule has 0 unspecified atom stereocenters. The summed E-state index contributed by atoms with van der Waals surface area (Å²) < 4.78 is 1.82. The molecular weight excluding hydrogens is 336 g/mol. The van der Waals surface area contributed by atoms with Crippen LogP contribution >= 0.6 is 0 Å². The number of anilines is 2. The van der Waals surface area contributed by atoms with Gasteiger partial charge in [0.25, 0.3) is 0 Å². The fourth-order valence-corrected chi connectivity index (χ4v) is 2.75. The summed E-state index contributed by atoms with van der Waals surface area (Å²) in [5, 5.41) is 20.7. The molecule has 2 heterocycles. The van der Waals surface area contributed by atoms with E-state index in [-0.39, 0.29) is 0 Å². The summed E-state index contributed by atoms with van der Waals surface area (Å²) in [6.45, 7) is 0.677. The van der Waals surface area contributed by atoms with Crippen molar-refractivity contribution in [2.24, 2.45) is 0 Å². The van der Waals surface area contributed by atoms with E-state index in [0.717, 1.165) is 16.9 Å². The number of nitrogens with one attached hydrogen (secondary N) is 1. The molecule has 0 saturated carbocycles. The molecule has 0 radical (unpaired) electrons. The number of hydrogen-bond acceptors (Lipinski definition) is 5. The van der Waals surface area contributed by atoms with Gasteiger partial charge in [-0.2, -0.15) is 5.26 Å². The summed E-state index contributed by atoms with van der Waals surface area (Å²) >= 11 is 0. The molecule has 27 heavy (non-hydrogen) atoms. The van der Waals surface area contributed by atoms with E-state index in [2.05, 4.69) is 32.7 Å². The maximum absolute atomic E-state index is 8.97. The number of rotatable bonds is 5. The van der Waals surface area contributed by atoms with Crippen LogP contribution in [0.2, 0.25) is 0 Å². The van der Waals surface area contributed by atoms with Gasteiger partial charge in [-0.1, -0.05) is 53.7 Å². The van der Waals surface area contributed by atoms with Crippen molar-refractivity contribution in [1.82, 2.24) is 20.0 Å². The van der Waals surface area contributed by atoms with Crippen LogP contribution in [0.3, 0.4) is 0 Å². The van der Waals surface area contributed by atoms with Gasteiger partial charge in [0.2, 0.25) is 0 Å². The minimum atomic E-state index is 0.375. The second-order valence-corrected chi connectivity index (χ2v) is 6.01. The molecule has 6 heteroatoms. The first kappa shape index (κ1) is 16.5. The van der Waals surface area contributed by atoms with E-state index in [1.54, 1.807) is 12.1 Å². The van der Waals surface area contributed by atoms with E-state index in [0.29, 0.717) is 18.1 Å². The summed E-state index contributed by atoms with van der Waals surface area (Å²) in [5.41, 5.74) is 4.17. The minimum Gasteiger partial charge on any atom is -0.340 e. The SMILES string of the molecule is N#Cc1cccc(Nc2cccc(-c3cn(Cc4ccccc4)nn3)c2)n1. The highest BCUT2D eigenvalue weighted by Gasteiger charge is 2.06. The van der Waals surface area contributed by atoms with Crippen LogP contribution < -0.4 is 5.32 Å². The van der Waals surface area contributed by atoms with Crippen LogP contribution in [0.5, 0.6) is 0 Å². The first-order chi connectivity index (χ1) is 13.3. The van der Waals surface area contributed by atoms with Gasteiger partial charge in [-0.25, -0.2) is 9.67 Å². The quantitative estimate of drug-likeness (QED) is 0.587. The number of benzene rings is 2. The maximum Gasteiger partial charge on any atom is 0.142 e. The highest BCUT2D eigenvalue weighted by Crippen LogP contribution is 2.22. The van der Waals surface area contributed by atoms with Gasteiger partial charge < -0.3 is 5.32 Å². The number of nitriles is 1. The third-order valence-electron chi connectivity index (χ3n) is 4.02. The molecule has 4 aromatic rings. The Balaban J connectivity index is 1.53. The third-order valence-corrected chi connectivity index (χ3v) is 4.02. The Morgan fingerprint density at radius 1 is 0.963 bits per heavy atom. The van der Waals surface area contributed by atoms with E-state index >= 15 is 0 Å². The third kappa shape index (κ3) is 3.99. The van der Waals surface area contributed by atoms with Gasteiger partial charge >= 0.3 is 0 Å². The molecule has 0 saturated heterocycles. The molecule has 0 aliphatic heterocycles. The molecule has 0 atom stereocenters. The lowest BCUT2D eigenvalue weighted by Crippen LogP contribution is -1.99. The van der Waals surface area contributed by atoms with Crippen molar-refractivity contribution in [3.05, 3.63) is 90.3 Å². The summed E-state index contributed by atoms with van der Waals surface area (Å²) in [6.07, 6.45) is 1.93. The van der Waals surface area contributed by atoms with Gasteiger partial charge in [-0.3, -0.25) is 0 Å². The minimum absolute atomic E-state index is 0.375. The molecule has 130 valence electrons. The van der Waals surface area contributed by atoms with Crippen LogP contribution in [0, 0.1) is 11.3 Å². The zero-order chi connectivity index (χ0) is 18.5. The fraction of sp³-hybridized carbons (Fsp3) is 0.0476. The lowest BCUT2D eigenvalue weighted by Gasteiger charge is -2.06. The number of pyridine rings is 1. The second kappa shape index (κ2) is 7.50. The Kier molecular flexibility index (Phi) is 4.58. The van der Waals surface area contributed by atoms with Crippen LogP contribution in [0.25, 0.3) is 11.3 Å². The largest absolute Gasteiger partial charge is 0.340 e. The molecule has 2 aromatic carbocycles. The molecule has 0 bridgehead atoms. The fourth-order valence-electron chi connectivity index (χ4n) is 2.75. The van der Waals surface area contributed by atoms with Crippen molar-refractivity contribution in [3.8, 4) is 17.3 Å². The Bertz CT molecular complexity index is 1090. The molecule has 4 rings (SSSR count). The van der Waals surface area contributed by atoms with Crippen molar-refractivity contribution in [3.63, 3.8) is 0 Å². The summed E-state index contributed by atoms with van der Waals surface area (Å²) in [4.78, 5) is 4.24. The summed E-state index contributed by atoms with van der Waals surface area (Å²) in [7, 11) is 0.